The molecule has 0 radical (unpaired) electrons. The molecule has 1 aliphatic carbocycles. The molecule has 35 heavy (non-hydrogen) atoms. The highest BCUT2D eigenvalue weighted by atomic mass is 79.9. The Bertz CT molecular complexity index is 1240. The summed E-state index contributed by atoms with van der Waals surface area (Å²) in [6.07, 6.45) is 1.59. The van der Waals surface area contributed by atoms with Gasteiger partial charge in [0, 0.05) is 29.0 Å². The smallest absolute Gasteiger partial charge is 0.340 e. The van der Waals surface area contributed by atoms with Crippen molar-refractivity contribution < 1.29 is 28.5 Å². The van der Waals surface area contributed by atoms with Gasteiger partial charge >= 0.3 is 5.97 Å². The van der Waals surface area contributed by atoms with Crippen LogP contribution in [-0.2, 0) is 25.7 Å². The molecule has 4 rings (SSSR count). The van der Waals surface area contributed by atoms with E-state index in [1.165, 1.54) is 7.11 Å². The van der Waals surface area contributed by atoms with Gasteiger partial charge in [0.15, 0.2) is 17.3 Å². The third-order valence-electron chi connectivity index (χ3n) is 5.88. The molecule has 0 bridgehead atoms. The molecular weight excluding hydrogens is 538 g/mol. The van der Waals surface area contributed by atoms with Gasteiger partial charge in [-0.2, -0.15) is 0 Å². The molecule has 2 aromatic rings. The lowest BCUT2D eigenvalue weighted by molar-refractivity contribution is -0.136. The van der Waals surface area contributed by atoms with Crippen molar-refractivity contribution in [2.24, 2.45) is 5.73 Å². The lowest BCUT2D eigenvalue weighted by Crippen LogP contribution is -2.31. The standard InChI is InChI=1S/C26H25BrClNO6/c1-3-33-20-12-15(11-16(27)24(20)34-13-14-7-4-5-8-17(14)28)21-22-18(30)9-6-10-19(22)35-25(29)23(21)26(31)32-2/h4-5,7-8,11-12,21H,3,6,9-10,13,29H2,1-2H3/t21-/m0/s1. The Balaban J connectivity index is 1.80. The van der Waals surface area contributed by atoms with Gasteiger partial charge in [0.1, 0.15) is 17.9 Å². The van der Waals surface area contributed by atoms with Crippen LogP contribution < -0.4 is 15.2 Å². The molecule has 1 aliphatic heterocycles. The van der Waals surface area contributed by atoms with E-state index >= 15 is 0 Å². The van der Waals surface area contributed by atoms with Crippen LogP contribution in [-0.4, -0.2) is 25.5 Å². The molecular formula is C26H25BrClNO6. The summed E-state index contributed by atoms with van der Waals surface area (Å²) >= 11 is 9.86. The second-order valence-electron chi connectivity index (χ2n) is 8.06. The second kappa shape index (κ2) is 10.7. The maximum absolute atomic E-state index is 13.0. The second-order valence-corrected chi connectivity index (χ2v) is 9.32. The molecule has 184 valence electrons. The lowest BCUT2D eigenvalue weighted by atomic mass is 9.77. The Kier molecular flexibility index (Phi) is 7.72. The number of esters is 1. The van der Waals surface area contributed by atoms with Gasteiger partial charge in [0.25, 0.3) is 0 Å². The SMILES string of the molecule is CCOc1cc([C@@H]2C(C(=O)OC)=C(N)OC3=C2C(=O)CCC3)cc(Br)c1OCc1ccccc1Cl. The minimum atomic E-state index is -0.757. The highest BCUT2D eigenvalue weighted by Crippen LogP contribution is 2.47. The van der Waals surface area contributed by atoms with Crippen molar-refractivity contribution in [3.63, 3.8) is 0 Å². The van der Waals surface area contributed by atoms with E-state index in [0.717, 1.165) is 5.56 Å². The number of carbonyl (C=O) groups excluding carboxylic acids is 2. The molecule has 0 spiro atoms. The zero-order valence-corrected chi connectivity index (χ0v) is 21.7. The molecule has 2 N–H and O–H groups in total. The first kappa shape index (κ1) is 25.1. The average molecular weight is 563 g/mol. The van der Waals surface area contributed by atoms with Crippen LogP contribution in [0, 0.1) is 0 Å². The van der Waals surface area contributed by atoms with Crippen LogP contribution in [0.3, 0.4) is 0 Å². The van der Waals surface area contributed by atoms with Gasteiger partial charge in [-0.1, -0.05) is 29.8 Å². The number of Topliss-reactive ketones (excluding diaryl/α,β-unsaturated/α-hetero) is 1. The summed E-state index contributed by atoms with van der Waals surface area (Å²) in [4.78, 5) is 25.7. The molecule has 0 fully saturated rings. The topological polar surface area (TPSA) is 97.1 Å². The highest BCUT2D eigenvalue weighted by Gasteiger charge is 2.41. The van der Waals surface area contributed by atoms with E-state index in [0.29, 0.717) is 63.8 Å². The number of carbonyl (C=O) groups is 2. The third-order valence-corrected chi connectivity index (χ3v) is 6.84. The number of benzene rings is 2. The van der Waals surface area contributed by atoms with Crippen LogP contribution in [0.2, 0.25) is 5.02 Å². The first-order chi connectivity index (χ1) is 16.8. The Morgan fingerprint density at radius 1 is 1.23 bits per heavy atom. The number of methoxy groups -OCH3 is 1. The van der Waals surface area contributed by atoms with Crippen molar-refractivity contribution >= 4 is 39.3 Å². The van der Waals surface area contributed by atoms with E-state index in [4.69, 9.17) is 36.3 Å². The zero-order chi connectivity index (χ0) is 25.1. The predicted octanol–water partition coefficient (Wildman–Crippen LogP) is 5.54. The van der Waals surface area contributed by atoms with Crippen LogP contribution in [0.5, 0.6) is 11.5 Å². The number of hydrogen-bond donors (Lipinski definition) is 1. The molecule has 1 atom stereocenters. The van der Waals surface area contributed by atoms with Gasteiger partial charge < -0.3 is 24.7 Å². The summed E-state index contributed by atoms with van der Waals surface area (Å²) in [5, 5.41) is 0.596. The average Bonchev–Trinajstić information content (AvgIpc) is 2.83. The Morgan fingerprint density at radius 3 is 2.71 bits per heavy atom. The van der Waals surface area contributed by atoms with Crippen LogP contribution >= 0.6 is 27.5 Å². The summed E-state index contributed by atoms with van der Waals surface area (Å²) in [7, 11) is 1.26. The quantitative estimate of drug-likeness (QED) is 0.442. The Hall–Kier alpha value is -2.97. The van der Waals surface area contributed by atoms with Crippen LogP contribution in [0.25, 0.3) is 0 Å². The normalized spacial score (nSPS) is 17.6. The number of nitrogens with two attached hydrogens (primary N) is 1. The van der Waals surface area contributed by atoms with E-state index in [2.05, 4.69) is 15.9 Å². The molecule has 7 nitrogen and oxygen atoms in total. The number of ether oxygens (including phenoxy) is 4. The van der Waals surface area contributed by atoms with Gasteiger partial charge in [0.2, 0.25) is 5.88 Å². The first-order valence-electron chi connectivity index (χ1n) is 11.2. The Morgan fingerprint density at radius 2 is 2.00 bits per heavy atom. The summed E-state index contributed by atoms with van der Waals surface area (Å²) in [5.74, 6) is -0.157. The summed E-state index contributed by atoms with van der Waals surface area (Å²) < 4.78 is 23.3. The number of ketones is 1. The molecule has 1 heterocycles. The van der Waals surface area contributed by atoms with Crippen molar-refractivity contribution in [3.8, 4) is 11.5 Å². The van der Waals surface area contributed by atoms with E-state index in [-0.39, 0.29) is 23.8 Å². The van der Waals surface area contributed by atoms with E-state index in [1.807, 2.05) is 25.1 Å². The van der Waals surface area contributed by atoms with Gasteiger partial charge in [-0.3, -0.25) is 4.79 Å². The first-order valence-corrected chi connectivity index (χ1v) is 12.4. The van der Waals surface area contributed by atoms with Crippen LogP contribution in [0.1, 0.15) is 43.2 Å². The van der Waals surface area contributed by atoms with Crippen molar-refractivity contribution in [1.29, 1.82) is 0 Å². The molecule has 0 saturated carbocycles. The maximum atomic E-state index is 13.0. The number of allylic oxidation sites excluding steroid dienone is 2. The molecule has 0 unspecified atom stereocenters. The van der Waals surface area contributed by atoms with E-state index < -0.39 is 11.9 Å². The largest absolute Gasteiger partial charge is 0.490 e. The fourth-order valence-corrected chi connectivity index (χ4v) is 5.09. The number of hydrogen-bond acceptors (Lipinski definition) is 7. The fraction of sp³-hybridized carbons (Fsp3) is 0.308. The van der Waals surface area contributed by atoms with Gasteiger partial charge in [-0.05, 0) is 53.0 Å². The van der Waals surface area contributed by atoms with Crippen LogP contribution in [0.4, 0.5) is 0 Å². The van der Waals surface area contributed by atoms with Crippen molar-refractivity contribution in [3.05, 3.63) is 79.8 Å². The molecule has 9 heteroatoms. The van der Waals surface area contributed by atoms with Crippen molar-refractivity contribution in [2.45, 2.75) is 38.7 Å². The molecule has 0 aromatic heterocycles. The fourth-order valence-electron chi connectivity index (χ4n) is 4.32. The summed E-state index contributed by atoms with van der Waals surface area (Å²) in [6, 6.07) is 11.0. The molecule has 2 aliphatic rings. The van der Waals surface area contributed by atoms with Crippen molar-refractivity contribution in [1.82, 2.24) is 0 Å². The minimum Gasteiger partial charge on any atom is -0.490 e. The van der Waals surface area contributed by atoms with E-state index in [9.17, 15) is 9.59 Å². The maximum Gasteiger partial charge on any atom is 0.340 e. The third kappa shape index (κ3) is 5.04. The summed E-state index contributed by atoms with van der Waals surface area (Å²) in [6.45, 7) is 2.46. The lowest BCUT2D eigenvalue weighted by Gasteiger charge is -2.32. The monoisotopic (exact) mass is 561 g/mol. The van der Waals surface area contributed by atoms with Crippen LogP contribution in [0.15, 0.2) is 63.7 Å². The van der Waals surface area contributed by atoms with E-state index in [1.54, 1.807) is 18.2 Å². The van der Waals surface area contributed by atoms with Gasteiger partial charge in [0.05, 0.1) is 24.1 Å². The highest BCUT2D eigenvalue weighted by molar-refractivity contribution is 9.10. The molecule has 2 aromatic carbocycles. The molecule has 0 amide bonds. The summed E-state index contributed by atoms with van der Waals surface area (Å²) in [5.41, 5.74) is 8.11. The Labute approximate surface area is 216 Å². The number of halogens is 2. The van der Waals surface area contributed by atoms with Gasteiger partial charge in [-0.25, -0.2) is 4.79 Å². The van der Waals surface area contributed by atoms with Crippen molar-refractivity contribution in [2.75, 3.05) is 13.7 Å². The predicted molar refractivity (Wildman–Crippen MR) is 134 cm³/mol. The van der Waals surface area contributed by atoms with Gasteiger partial charge in [-0.15, -0.1) is 0 Å². The minimum absolute atomic E-state index is 0.0663. The zero-order valence-electron chi connectivity index (χ0n) is 19.4. The number of rotatable bonds is 7. The molecule has 0 saturated heterocycles.